The van der Waals surface area contributed by atoms with Crippen LogP contribution in [-0.2, 0) is 14.9 Å². The van der Waals surface area contributed by atoms with Crippen molar-refractivity contribution in [3.8, 4) is 5.75 Å². The third-order valence-electron chi connectivity index (χ3n) is 2.12. The van der Waals surface area contributed by atoms with Crippen LogP contribution in [0.2, 0.25) is 0 Å². The normalized spacial score (nSPS) is 11.4. The van der Waals surface area contributed by atoms with Gasteiger partial charge in [-0.3, -0.25) is 0 Å². The molecule has 0 spiro atoms. The van der Waals surface area contributed by atoms with E-state index in [-0.39, 0.29) is 28.8 Å². The number of phenolic OH excluding ortho intramolecular Hbond substituents is 1. The Kier molecular flexibility index (Phi) is 6.45. The Morgan fingerprint density at radius 3 is 2.45 bits per heavy atom. The molecule has 0 fully saturated rings. The van der Waals surface area contributed by atoms with E-state index >= 15 is 0 Å². The van der Waals surface area contributed by atoms with Crippen molar-refractivity contribution >= 4 is 63.9 Å². The van der Waals surface area contributed by atoms with Crippen molar-refractivity contribution in [1.29, 1.82) is 0 Å². The van der Waals surface area contributed by atoms with Crippen molar-refractivity contribution in [3.05, 3.63) is 25.0 Å². The average molecular weight is 496 g/mol. The molecule has 0 saturated heterocycles. The van der Waals surface area contributed by atoms with E-state index in [2.05, 4.69) is 47.8 Å². The summed E-state index contributed by atoms with van der Waals surface area (Å²) in [5.41, 5.74) is 0.0654. The van der Waals surface area contributed by atoms with E-state index in [0.717, 1.165) is 0 Å². The highest BCUT2D eigenvalue weighted by Gasteiger charge is 2.20. The molecule has 6 nitrogen and oxygen atoms in total. The van der Waals surface area contributed by atoms with Crippen LogP contribution in [0.1, 0.15) is 16.8 Å². The number of hydrogen-bond acceptors (Lipinski definition) is 6. The van der Waals surface area contributed by atoms with Crippen LogP contribution < -0.4 is 0 Å². The number of halogens is 3. The molecule has 1 N–H and O–H groups in total. The van der Waals surface area contributed by atoms with Gasteiger partial charge in [0, 0.05) is 10.2 Å². The van der Waals surface area contributed by atoms with Gasteiger partial charge in [0.2, 0.25) is 0 Å². The fourth-order valence-electron chi connectivity index (χ4n) is 1.24. The average Bonchev–Trinajstić information content (AvgIpc) is 2.31. The largest absolute Gasteiger partial charge is 0.748 e. The SMILES string of the molecule is O=C(OCCCS(=O)(=O)[O-])c1c(Br)cc(Br)c(O)c1Br. The minimum Gasteiger partial charge on any atom is -0.748 e. The minimum absolute atomic E-state index is 0.0654. The second-order valence-corrected chi connectivity index (χ2v) is 7.65. The van der Waals surface area contributed by atoms with Crippen LogP contribution in [-0.4, -0.2) is 36.4 Å². The molecule has 20 heavy (non-hydrogen) atoms. The van der Waals surface area contributed by atoms with Gasteiger partial charge in [-0.2, -0.15) is 0 Å². The minimum atomic E-state index is -4.32. The quantitative estimate of drug-likeness (QED) is 0.383. The van der Waals surface area contributed by atoms with Gasteiger partial charge in [0.25, 0.3) is 0 Å². The van der Waals surface area contributed by atoms with E-state index in [1.807, 2.05) is 0 Å². The van der Waals surface area contributed by atoms with Crippen LogP contribution in [0.4, 0.5) is 0 Å². The van der Waals surface area contributed by atoms with Crippen LogP contribution >= 0.6 is 47.8 Å². The molecule has 0 aliphatic heterocycles. The van der Waals surface area contributed by atoms with E-state index in [1.165, 1.54) is 6.07 Å². The standard InChI is InChI=1S/C10H9Br3O6S/c11-5-4-6(12)9(14)8(13)7(5)10(15)19-2-1-3-20(16,17)18/h4,14H,1-3H2,(H,16,17,18)/p-1. The van der Waals surface area contributed by atoms with Crippen LogP contribution in [0.5, 0.6) is 5.75 Å². The van der Waals surface area contributed by atoms with Gasteiger partial charge in [0.1, 0.15) is 5.75 Å². The van der Waals surface area contributed by atoms with Gasteiger partial charge in [-0.05, 0) is 60.3 Å². The first kappa shape index (κ1) is 17.9. The lowest BCUT2D eigenvalue weighted by Crippen LogP contribution is -2.12. The van der Waals surface area contributed by atoms with Gasteiger partial charge in [0.15, 0.2) is 0 Å². The van der Waals surface area contributed by atoms with Crippen molar-refractivity contribution < 1.29 is 27.6 Å². The van der Waals surface area contributed by atoms with E-state index < -0.39 is 21.8 Å². The first-order valence-electron chi connectivity index (χ1n) is 5.10. The van der Waals surface area contributed by atoms with Crippen LogP contribution in [0.15, 0.2) is 19.5 Å². The zero-order valence-electron chi connectivity index (χ0n) is 9.73. The molecule has 0 unspecified atom stereocenters. The highest BCUT2D eigenvalue weighted by atomic mass is 79.9. The summed E-state index contributed by atoms with van der Waals surface area (Å²) in [5, 5.41) is 9.70. The fourth-order valence-corrected chi connectivity index (χ4v) is 4.16. The maximum atomic E-state index is 11.8. The molecule has 1 rings (SSSR count). The number of benzene rings is 1. The second kappa shape index (κ2) is 7.21. The molecule has 10 heteroatoms. The first-order chi connectivity index (χ1) is 9.13. The third-order valence-corrected chi connectivity index (χ3v) is 4.91. The zero-order chi connectivity index (χ0) is 15.5. The summed E-state index contributed by atoms with van der Waals surface area (Å²) >= 11 is 9.32. The summed E-state index contributed by atoms with van der Waals surface area (Å²) in [5.74, 6) is -1.52. The number of aromatic hydroxyl groups is 1. The summed E-state index contributed by atoms with van der Waals surface area (Å²) in [6.45, 7) is -0.212. The Hall–Kier alpha value is -0.160. The summed E-state index contributed by atoms with van der Waals surface area (Å²) in [7, 11) is -4.32. The smallest absolute Gasteiger partial charge is 0.340 e. The number of phenols is 1. The molecule has 0 aromatic heterocycles. The highest BCUT2D eigenvalue weighted by molar-refractivity contribution is 9.11. The number of carbonyl (C=O) groups excluding carboxylic acids is 1. The number of carbonyl (C=O) groups is 1. The molecule has 0 radical (unpaired) electrons. The van der Waals surface area contributed by atoms with Crippen molar-refractivity contribution in [2.45, 2.75) is 6.42 Å². The van der Waals surface area contributed by atoms with E-state index in [9.17, 15) is 22.9 Å². The molecule has 0 aliphatic rings. The lowest BCUT2D eigenvalue weighted by molar-refractivity contribution is 0.0502. The van der Waals surface area contributed by atoms with E-state index in [1.54, 1.807) is 0 Å². The number of ether oxygens (including phenoxy) is 1. The molecule has 0 bridgehead atoms. The van der Waals surface area contributed by atoms with Crippen molar-refractivity contribution in [3.63, 3.8) is 0 Å². The molecular formula is C10H8Br3O6S-. The topological polar surface area (TPSA) is 104 Å². The summed E-state index contributed by atoms with van der Waals surface area (Å²) in [4.78, 5) is 11.8. The summed E-state index contributed by atoms with van der Waals surface area (Å²) < 4.78 is 36.9. The number of esters is 1. The second-order valence-electron chi connectivity index (χ2n) is 3.63. The van der Waals surface area contributed by atoms with E-state index in [4.69, 9.17) is 4.74 Å². The zero-order valence-corrected chi connectivity index (χ0v) is 15.3. The maximum absolute atomic E-state index is 11.8. The monoisotopic (exact) mass is 493 g/mol. The Balaban J connectivity index is 2.77. The first-order valence-corrected chi connectivity index (χ1v) is 9.06. The Morgan fingerprint density at radius 1 is 1.30 bits per heavy atom. The van der Waals surface area contributed by atoms with Gasteiger partial charge >= 0.3 is 5.97 Å². The molecule has 0 heterocycles. The Bertz CT molecular complexity index is 628. The number of rotatable bonds is 5. The maximum Gasteiger partial charge on any atom is 0.340 e. The van der Waals surface area contributed by atoms with Gasteiger partial charge in [-0.25, -0.2) is 13.2 Å². The lowest BCUT2D eigenvalue weighted by Gasteiger charge is -2.11. The van der Waals surface area contributed by atoms with Crippen LogP contribution in [0, 0.1) is 0 Å². The number of hydrogen-bond donors (Lipinski definition) is 1. The van der Waals surface area contributed by atoms with Crippen LogP contribution in [0.3, 0.4) is 0 Å². The van der Waals surface area contributed by atoms with Gasteiger partial charge in [-0.1, -0.05) is 0 Å². The van der Waals surface area contributed by atoms with E-state index in [0.29, 0.717) is 8.95 Å². The van der Waals surface area contributed by atoms with Gasteiger partial charge in [-0.15, -0.1) is 0 Å². The van der Waals surface area contributed by atoms with Gasteiger partial charge in [0.05, 0.1) is 31.2 Å². The third kappa shape index (κ3) is 4.99. The van der Waals surface area contributed by atoms with Crippen molar-refractivity contribution in [1.82, 2.24) is 0 Å². The molecule has 0 saturated carbocycles. The summed E-state index contributed by atoms with van der Waals surface area (Å²) in [6, 6.07) is 1.47. The predicted octanol–water partition coefficient (Wildman–Crippen LogP) is 2.77. The molecule has 0 amide bonds. The molecule has 0 aliphatic carbocycles. The molecule has 112 valence electrons. The Labute approximate surface area is 140 Å². The van der Waals surface area contributed by atoms with Crippen molar-refractivity contribution in [2.75, 3.05) is 12.4 Å². The van der Waals surface area contributed by atoms with Gasteiger partial charge < -0.3 is 14.4 Å². The molecule has 1 aromatic carbocycles. The molecular weight excluding hydrogens is 488 g/mol. The highest BCUT2D eigenvalue weighted by Crippen LogP contribution is 2.39. The summed E-state index contributed by atoms with van der Waals surface area (Å²) in [6.07, 6.45) is -0.0880. The molecule has 0 atom stereocenters. The predicted molar refractivity (Wildman–Crippen MR) is 80.7 cm³/mol. The van der Waals surface area contributed by atoms with Crippen molar-refractivity contribution in [2.24, 2.45) is 0 Å². The molecule has 1 aromatic rings. The fraction of sp³-hybridized carbons (Fsp3) is 0.300. The lowest BCUT2D eigenvalue weighted by atomic mass is 10.2. The van der Waals surface area contributed by atoms with Crippen LogP contribution in [0.25, 0.3) is 0 Å². The Morgan fingerprint density at radius 2 is 1.90 bits per heavy atom.